The Bertz CT molecular complexity index is 1370. The Morgan fingerprint density at radius 3 is 2.68 bits per heavy atom. The van der Waals surface area contributed by atoms with Gasteiger partial charge in [-0.1, -0.05) is 12.1 Å². The van der Waals surface area contributed by atoms with Gasteiger partial charge >= 0.3 is 0 Å². The monoisotopic (exact) mass is 410 g/mol. The van der Waals surface area contributed by atoms with E-state index in [-0.39, 0.29) is 11.6 Å². The minimum Gasteiger partial charge on any atom is -0.379 e. The molecule has 3 fully saturated rings. The average Bonchev–Trinajstić information content (AvgIpc) is 3.23. The normalized spacial score (nSPS) is 22.6. The molecular formula is C24H22N6O. The van der Waals surface area contributed by atoms with Crippen LogP contribution in [0.3, 0.4) is 0 Å². The number of hydrogen-bond donors (Lipinski definition) is 3. The van der Waals surface area contributed by atoms with Gasteiger partial charge in [-0.3, -0.25) is 4.79 Å². The lowest BCUT2D eigenvalue weighted by molar-refractivity contribution is 0.0976. The van der Waals surface area contributed by atoms with Crippen molar-refractivity contribution >= 4 is 27.6 Å². The standard InChI is InChI=1S/C24H22N6O/c25-12-14-5-6-16-19(11-14)29-24(31)21(23-27-17-3-1-2-4-18(17)28-23)22(16)26-20-13-30-9-7-15(20)8-10-30/h1-6,11,15,20H,7-10,13H2,(H,27,28)(H2,26,29,31). The molecule has 0 spiro atoms. The summed E-state index contributed by atoms with van der Waals surface area (Å²) >= 11 is 0. The van der Waals surface area contributed by atoms with Crippen LogP contribution in [0.25, 0.3) is 33.3 Å². The summed E-state index contributed by atoms with van der Waals surface area (Å²) in [6, 6.07) is 15.7. The third kappa shape index (κ3) is 2.99. The number of nitrogens with one attached hydrogen (secondary N) is 3. The molecule has 1 atom stereocenters. The fourth-order valence-electron chi connectivity index (χ4n) is 5.13. The van der Waals surface area contributed by atoms with Gasteiger partial charge in [-0.25, -0.2) is 4.98 Å². The van der Waals surface area contributed by atoms with Crippen LogP contribution in [0.5, 0.6) is 0 Å². The molecule has 0 amide bonds. The Kier molecular flexibility index (Phi) is 4.08. The largest absolute Gasteiger partial charge is 0.379 e. The first-order valence-corrected chi connectivity index (χ1v) is 10.7. The molecule has 3 saturated heterocycles. The summed E-state index contributed by atoms with van der Waals surface area (Å²) in [6.07, 6.45) is 2.36. The molecular weight excluding hydrogens is 388 g/mol. The van der Waals surface area contributed by atoms with Crippen molar-refractivity contribution in [3.63, 3.8) is 0 Å². The molecule has 154 valence electrons. The third-order valence-corrected chi connectivity index (χ3v) is 6.76. The van der Waals surface area contributed by atoms with Crippen molar-refractivity contribution in [2.75, 3.05) is 25.0 Å². The van der Waals surface area contributed by atoms with Gasteiger partial charge in [0, 0.05) is 18.0 Å². The maximum atomic E-state index is 13.3. The van der Waals surface area contributed by atoms with Crippen molar-refractivity contribution in [1.82, 2.24) is 19.9 Å². The summed E-state index contributed by atoms with van der Waals surface area (Å²) in [4.78, 5) is 26.8. The van der Waals surface area contributed by atoms with Crippen molar-refractivity contribution in [2.24, 2.45) is 5.92 Å². The van der Waals surface area contributed by atoms with Crippen LogP contribution in [-0.2, 0) is 0 Å². The summed E-state index contributed by atoms with van der Waals surface area (Å²) in [6.45, 7) is 3.29. The van der Waals surface area contributed by atoms with Crippen molar-refractivity contribution < 1.29 is 0 Å². The molecule has 4 aromatic rings. The second-order valence-electron chi connectivity index (χ2n) is 8.57. The van der Waals surface area contributed by atoms with E-state index in [0.717, 1.165) is 41.7 Å². The van der Waals surface area contributed by atoms with E-state index < -0.39 is 0 Å². The minimum atomic E-state index is -0.217. The predicted molar refractivity (Wildman–Crippen MR) is 121 cm³/mol. The number of fused-ring (bicyclic) bond motifs is 5. The summed E-state index contributed by atoms with van der Waals surface area (Å²) in [5, 5.41) is 13.9. The number of aromatic nitrogens is 3. The number of nitriles is 1. The van der Waals surface area contributed by atoms with Crippen LogP contribution in [0.2, 0.25) is 0 Å². The molecule has 3 aliphatic rings. The number of aromatic amines is 2. The van der Waals surface area contributed by atoms with E-state index in [1.54, 1.807) is 12.1 Å². The highest BCUT2D eigenvalue weighted by molar-refractivity contribution is 5.99. The number of H-pyrrole nitrogens is 2. The molecule has 2 aromatic heterocycles. The molecule has 3 N–H and O–H groups in total. The van der Waals surface area contributed by atoms with Crippen LogP contribution in [0.1, 0.15) is 18.4 Å². The zero-order valence-corrected chi connectivity index (χ0v) is 17.0. The van der Waals surface area contributed by atoms with Crippen molar-refractivity contribution in [3.8, 4) is 17.5 Å². The van der Waals surface area contributed by atoms with Gasteiger partial charge in [0.15, 0.2) is 0 Å². The number of benzene rings is 2. The van der Waals surface area contributed by atoms with Gasteiger partial charge in [0.05, 0.1) is 33.9 Å². The number of nitrogens with zero attached hydrogens (tertiary/aromatic N) is 3. The summed E-state index contributed by atoms with van der Waals surface area (Å²) in [5.41, 5.74) is 3.99. The van der Waals surface area contributed by atoms with Crippen LogP contribution in [0.15, 0.2) is 47.3 Å². The number of hydrogen-bond acceptors (Lipinski definition) is 5. The second-order valence-corrected chi connectivity index (χ2v) is 8.57. The molecule has 31 heavy (non-hydrogen) atoms. The lowest BCUT2D eigenvalue weighted by Crippen LogP contribution is -2.53. The quantitative estimate of drug-likeness (QED) is 0.480. The van der Waals surface area contributed by atoms with E-state index in [2.05, 4.69) is 26.3 Å². The van der Waals surface area contributed by atoms with E-state index in [1.807, 2.05) is 30.3 Å². The first-order valence-electron chi connectivity index (χ1n) is 10.7. The summed E-state index contributed by atoms with van der Waals surface area (Å²) < 4.78 is 0. The van der Waals surface area contributed by atoms with Crippen molar-refractivity contribution in [3.05, 3.63) is 58.4 Å². The van der Waals surface area contributed by atoms with Crippen molar-refractivity contribution in [2.45, 2.75) is 18.9 Å². The topological polar surface area (TPSA) is 101 Å². The Labute approximate surface area is 178 Å². The Morgan fingerprint density at radius 1 is 1.10 bits per heavy atom. The van der Waals surface area contributed by atoms with Gasteiger partial charge in [-0.15, -0.1) is 0 Å². The zero-order chi connectivity index (χ0) is 20.9. The van der Waals surface area contributed by atoms with Crippen LogP contribution in [0, 0.1) is 17.2 Å². The lowest BCUT2D eigenvalue weighted by atomic mass is 9.83. The Morgan fingerprint density at radius 2 is 1.94 bits per heavy atom. The lowest BCUT2D eigenvalue weighted by Gasteiger charge is -2.45. The van der Waals surface area contributed by atoms with E-state index in [9.17, 15) is 10.1 Å². The highest BCUT2D eigenvalue weighted by Crippen LogP contribution is 2.35. The van der Waals surface area contributed by atoms with Crippen LogP contribution < -0.4 is 10.9 Å². The molecule has 0 radical (unpaired) electrons. The molecule has 0 aliphatic carbocycles. The summed E-state index contributed by atoms with van der Waals surface area (Å²) in [5.74, 6) is 1.15. The molecule has 0 saturated carbocycles. The van der Waals surface area contributed by atoms with E-state index in [4.69, 9.17) is 4.98 Å². The summed E-state index contributed by atoms with van der Waals surface area (Å²) in [7, 11) is 0. The molecule has 7 rings (SSSR count). The minimum absolute atomic E-state index is 0.217. The first-order chi connectivity index (χ1) is 15.2. The van der Waals surface area contributed by atoms with Gasteiger partial charge in [0.25, 0.3) is 5.56 Å². The van der Waals surface area contributed by atoms with Crippen LogP contribution in [-0.4, -0.2) is 45.5 Å². The van der Waals surface area contributed by atoms with Gasteiger partial charge in [-0.05, 0) is 62.2 Å². The van der Waals surface area contributed by atoms with Gasteiger partial charge in [0.1, 0.15) is 11.4 Å². The Hall–Kier alpha value is -3.63. The van der Waals surface area contributed by atoms with E-state index in [1.165, 1.54) is 12.8 Å². The first kappa shape index (κ1) is 18.2. The molecule has 3 aliphatic heterocycles. The highest BCUT2D eigenvalue weighted by Gasteiger charge is 2.35. The SMILES string of the molecule is N#Cc1ccc2c(NC3CN4CCC3CC4)c(-c3nc4ccccc4[nH]3)c(=O)[nH]c2c1. The van der Waals surface area contributed by atoms with Crippen LogP contribution in [0.4, 0.5) is 5.69 Å². The number of para-hydroxylation sites is 2. The molecule has 7 nitrogen and oxygen atoms in total. The molecule has 7 heteroatoms. The number of piperidine rings is 3. The predicted octanol–water partition coefficient (Wildman–Crippen LogP) is 3.45. The highest BCUT2D eigenvalue weighted by atomic mass is 16.1. The number of imidazole rings is 1. The number of anilines is 1. The fourth-order valence-corrected chi connectivity index (χ4v) is 5.13. The maximum Gasteiger partial charge on any atom is 0.261 e. The molecule has 5 heterocycles. The van der Waals surface area contributed by atoms with Gasteiger partial charge < -0.3 is 20.2 Å². The van der Waals surface area contributed by atoms with Crippen molar-refractivity contribution in [1.29, 1.82) is 5.26 Å². The van der Waals surface area contributed by atoms with E-state index in [0.29, 0.717) is 28.4 Å². The zero-order valence-electron chi connectivity index (χ0n) is 17.0. The molecule has 1 unspecified atom stereocenters. The smallest absolute Gasteiger partial charge is 0.261 e. The second kappa shape index (κ2) is 6.96. The molecule has 2 bridgehead atoms. The fraction of sp³-hybridized carbons (Fsp3) is 0.292. The molecule has 2 aromatic carbocycles. The van der Waals surface area contributed by atoms with Gasteiger partial charge in [0.2, 0.25) is 0 Å². The maximum absolute atomic E-state index is 13.3. The van der Waals surface area contributed by atoms with Gasteiger partial charge in [-0.2, -0.15) is 5.26 Å². The average molecular weight is 410 g/mol. The van der Waals surface area contributed by atoms with E-state index >= 15 is 0 Å². The Balaban J connectivity index is 1.56. The third-order valence-electron chi connectivity index (χ3n) is 6.76. The number of rotatable bonds is 3. The van der Waals surface area contributed by atoms with Crippen LogP contribution >= 0.6 is 0 Å². The number of pyridine rings is 1.